The third kappa shape index (κ3) is 2.90. The van der Waals surface area contributed by atoms with Gasteiger partial charge in [-0.25, -0.2) is 4.79 Å². The van der Waals surface area contributed by atoms with E-state index in [4.69, 9.17) is 8.85 Å². The van der Waals surface area contributed by atoms with Gasteiger partial charge in [0.05, 0.1) is 0 Å². The molecule has 13 heavy (non-hydrogen) atoms. The van der Waals surface area contributed by atoms with E-state index in [2.05, 4.69) is 0 Å². The van der Waals surface area contributed by atoms with Crippen LogP contribution in [0.5, 0.6) is 0 Å². The lowest BCUT2D eigenvalue weighted by Crippen LogP contribution is -2.43. The van der Waals surface area contributed by atoms with E-state index in [9.17, 15) is 4.79 Å². The van der Waals surface area contributed by atoms with Crippen LogP contribution < -0.4 is 0 Å². The van der Waals surface area contributed by atoms with Gasteiger partial charge in [-0.1, -0.05) is 0 Å². The van der Waals surface area contributed by atoms with Crippen LogP contribution in [0, 0.1) is 0 Å². The normalized spacial score (nSPS) is 22.2. The molecule has 1 rings (SSSR count). The zero-order valence-electron chi connectivity index (χ0n) is 11.5. The number of carbonyl (C=O) groups is 1. The van der Waals surface area contributed by atoms with Gasteiger partial charge in [-0.15, -0.1) is 0 Å². The molecule has 0 unspecified atom stereocenters. The number of nitrogens with zero attached hydrogens (tertiary/aromatic N) is 1. The molecule has 1 amide bonds. The second kappa shape index (κ2) is 3.56. The summed E-state index contributed by atoms with van der Waals surface area (Å²) in [6, 6.07) is -0.192. The molecular weight excluding hydrogens is 166 g/mol. The number of amides is 1. The summed E-state index contributed by atoms with van der Waals surface area (Å²) in [4.78, 5) is 12.7. The maximum Gasteiger partial charge on any atom is 0.410 e. The van der Waals surface area contributed by atoms with Gasteiger partial charge in [0.1, 0.15) is 5.60 Å². The van der Waals surface area contributed by atoms with Crippen LogP contribution in [-0.4, -0.2) is 29.6 Å². The summed E-state index contributed by atoms with van der Waals surface area (Å²) in [7, 11) is 0. The van der Waals surface area contributed by atoms with Gasteiger partial charge in [-0.3, -0.25) is 0 Å². The standard InChI is InChI=1S/C10H19NO2/c1-10(2,3)13-9(12)11(4)8-6-5-7-8/h8H,5-7H2,1-4H3/i4D3. The zero-order valence-corrected chi connectivity index (χ0v) is 8.46. The summed E-state index contributed by atoms with van der Waals surface area (Å²) >= 11 is 0. The molecule has 1 saturated carbocycles. The minimum atomic E-state index is -2.41. The summed E-state index contributed by atoms with van der Waals surface area (Å²) in [6.07, 6.45) is 1.73. The first-order chi connectivity index (χ1) is 7.11. The predicted octanol–water partition coefficient (Wildman–Crippen LogP) is 2.41. The lowest BCUT2D eigenvalue weighted by molar-refractivity contribution is 0.0145. The van der Waals surface area contributed by atoms with Crippen molar-refractivity contribution in [3.05, 3.63) is 0 Å². The van der Waals surface area contributed by atoms with Crippen LogP contribution in [0.3, 0.4) is 0 Å². The highest BCUT2D eigenvalue weighted by Crippen LogP contribution is 2.24. The number of hydrogen-bond donors (Lipinski definition) is 0. The highest BCUT2D eigenvalue weighted by atomic mass is 16.6. The number of rotatable bonds is 1. The summed E-state index contributed by atoms with van der Waals surface area (Å²) < 4.78 is 27.2. The molecule has 0 aromatic heterocycles. The minimum Gasteiger partial charge on any atom is -0.444 e. The number of hydrogen-bond acceptors (Lipinski definition) is 2. The molecule has 1 fully saturated rings. The first-order valence-electron chi connectivity index (χ1n) is 6.13. The molecule has 0 atom stereocenters. The molecule has 0 aliphatic heterocycles. The highest BCUT2D eigenvalue weighted by Gasteiger charge is 2.28. The van der Waals surface area contributed by atoms with E-state index in [-0.39, 0.29) is 6.04 Å². The van der Waals surface area contributed by atoms with Crippen molar-refractivity contribution in [2.45, 2.75) is 51.7 Å². The fourth-order valence-corrected chi connectivity index (χ4v) is 1.11. The van der Waals surface area contributed by atoms with E-state index in [0.717, 1.165) is 24.2 Å². The van der Waals surface area contributed by atoms with Crippen molar-refractivity contribution in [1.29, 1.82) is 0 Å². The molecule has 0 aromatic rings. The molecule has 0 bridgehead atoms. The van der Waals surface area contributed by atoms with Gasteiger partial charge in [0.15, 0.2) is 0 Å². The molecule has 76 valence electrons. The van der Waals surface area contributed by atoms with E-state index >= 15 is 0 Å². The minimum absolute atomic E-state index is 0.192. The number of ether oxygens (including phenoxy) is 1. The zero-order chi connectivity index (χ0) is 12.6. The van der Waals surface area contributed by atoms with E-state index in [1.807, 2.05) is 0 Å². The molecular formula is C10H19NO2. The largest absolute Gasteiger partial charge is 0.444 e. The van der Waals surface area contributed by atoms with Crippen molar-refractivity contribution in [2.24, 2.45) is 0 Å². The van der Waals surface area contributed by atoms with Crippen LogP contribution in [0.2, 0.25) is 0 Å². The van der Waals surface area contributed by atoms with Gasteiger partial charge in [0, 0.05) is 17.1 Å². The first-order valence-corrected chi connectivity index (χ1v) is 4.63. The van der Waals surface area contributed by atoms with Gasteiger partial charge in [0.25, 0.3) is 0 Å². The molecule has 0 saturated heterocycles. The molecule has 0 aromatic carbocycles. The van der Waals surface area contributed by atoms with Crippen molar-refractivity contribution >= 4 is 6.09 Å². The summed E-state index contributed by atoms with van der Waals surface area (Å²) in [5, 5.41) is 0. The van der Waals surface area contributed by atoms with E-state index in [1.165, 1.54) is 0 Å². The quantitative estimate of drug-likeness (QED) is 0.632. The van der Waals surface area contributed by atoms with Gasteiger partial charge in [-0.2, -0.15) is 0 Å². The maximum atomic E-state index is 11.8. The van der Waals surface area contributed by atoms with Crippen molar-refractivity contribution in [3.8, 4) is 0 Å². The van der Waals surface area contributed by atoms with Gasteiger partial charge < -0.3 is 9.64 Å². The summed E-state index contributed by atoms with van der Waals surface area (Å²) in [5.74, 6) is 0. The van der Waals surface area contributed by atoms with Crippen LogP contribution in [0.1, 0.15) is 44.1 Å². The average molecular weight is 188 g/mol. The molecule has 1 aliphatic rings. The molecule has 0 heterocycles. The van der Waals surface area contributed by atoms with Crippen molar-refractivity contribution in [3.63, 3.8) is 0 Å². The fraction of sp³-hybridized carbons (Fsp3) is 0.900. The first kappa shape index (κ1) is 6.68. The third-order valence-corrected chi connectivity index (χ3v) is 2.03. The Bertz CT molecular complexity index is 266. The van der Waals surface area contributed by atoms with Crippen molar-refractivity contribution < 1.29 is 13.6 Å². The average Bonchev–Trinajstić information content (AvgIpc) is 1.89. The molecule has 3 nitrogen and oxygen atoms in total. The molecule has 0 radical (unpaired) electrons. The predicted molar refractivity (Wildman–Crippen MR) is 51.6 cm³/mol. The SMILES string of the molecule is [2H]C([2H])([2H])N(C(=O)OC(C)(C)C)C1CCC1. The van der Waals surface area contributed by atoms with Crippen LogP contribution in [0.25, 0.3) is 0 Å². The van der Waals surface area contributed by atoms with Crippen LogP contribution in [0.4, 0.5) is 4.79 Å². The smallest absolute Gasteiger partial charge is 0.410 e. The molecule has 1 aliphatic carbocycles. The highest BCUT2D eigenvalue weighted by molar-refractivity contribution is 5.68. The summed E-state index contributed by atoms with van der Waals surface area (Å²) in [5.41, 5.74) is -0.662. The monoisotopic (exact) mass is 188 g/mol. The van der Waals surface area contributed by atoms with Crippen LogP contribution >= 0.6 is 0 Å². The van der Waals surface area contributed by atoms with E-state index in [1.54, 1.807) is 20.8 Å². The summed E-state index contributed by atoms with van der Waals surface area (Å²) in [6.45, 7) is 2.77. The molecule has 0 spiro atoms. The second-order valence-electron chi connectivity index (χ2n) is 4.44. The van der Waals surface area contributed by atoms with E-state index in [0.29, 0.717) is 0 Å². The van der Waals surface area contributed by atoms with Crippen LogP contribution in [0.15, 0.2) is 0 Å². The van der Waals surface area contributed by atoms with Gasteiger partial charge in [-0.05, 0) is 40.0 Å². The Balaban J connectivity index is 2.73. The van der Waals surface area contributed by atoms with Crippen molar-refractivity contribution in [1.82, 2.24) is 4.90 Å². The lowest BCUT2D eigenvalue weighted by atomic mass is 9.92. The van der Waals surface area contributed by atoms with Gasteiger partial charge >= 0.3 is 6.09 Å². The van der Waals surface area contributed by atoms with Crippen molar-refractivity contribution in [2.75, 3.05) is 6.98 Å². The van der Waals surface area contributed by atoms with E-state index < -0.39 is 18.7 Å². The Morgan fingerprint density at radius 1 is 1.54 bits per heavy atom. The Kier molecular flexibility index (Phi) is 1.83. The Morgan fingerprint density at radius 2 is 2.15 bits per heavy atom. The Hall–Kier alpha value is -0.730. The lowest BCUT2D eigenvalue weighted by Gasteiger charge is -2.35. The number of carbonyl (C=O) groups excluding carboxylic acids is 1. The second-order valence-corrected chi connectivity index (χ2v) is 4.44. The fourth-order valence-electron chi connectivity index (χ4n) is 1.11. The topological polar surface area (TPSA) is 29.5 Å². The van der Waals surface area contributed by atoms with Gasteiger partial charge in [0.2, 0.25) is 0 Å². The molecule has 0 N–H and O–H groups in total. The maximum absolute atomic E-state index is 11.8. The van der Waals surface area contributed by atoms with Crippen LogP contribution in [-0.2, 0) is 4.74 Å². The Morgan fingerprint density at radius 3 is 2.46 bits per heavy atom. The third-order valence-electron chi connectivity index (χ3n) is 2.03. The Labute approximate surface area is 84.3 Å². The molecule has 3 heteroatoms.